The number of aliphatic hydroxyl groups is 1. The number of aliphatic hydroxyl groups excluding tert-OH is 1. The number of carbonyl (C=O) groups excluding carboxylic acids is 1. The molecular formula is C11H17BrN2O3. The van der Waals surface area contributed by atoms with E-state index in [1.807, 2.05) is 19.1 Å². The van der Waals surface area contributed by atoms with Gasteiger partial charge in [-0.25, -0.2) is 4.79 Å². The van der Waals surface area contributed by atoms with Gasteiger partial charge < -0.3 is 20.2 Å². The van der Waals surface area contributed by atoms with E-state index in [0.29, 0.717) is 24.1 Å². The minimum atomic E-state index is -0.225. The molecule has 1 atom stereocenters. The van der Waals surface area contributed by atoms with Crippen LogP contribution >= 0.6 is 15.9 Å². The maximum absolute atomic E-state index is 11.4. The van der Waals surface area contributed by atoms with Gasteiger partial charge in [0.25, 0.3) is 0 Å². The van der Waals surface area contributed by atoms with Crippen molar-refractivity contribution in [3.63, 3.8) is 0 Å². The number of nitrogens with one attached hydrogen (secondary N) is 2. The quantitative estimate of drug-likeness (QED) is 0.748. The van der Waals surface area contributed by atoms with E-state index in [0.717, 1.165) is 5.76 Å². The van der Waals surface area contributed by atoms with Crippen LogP contribution in [0, 0.1) is 0 Å². The molecule has 2 amide bonds. The SMILES string of the molecule is C[C@H](CCO)NC(=O)NCCc1ccc(Br)o1. The summed E-state index contributed by atoms with van der Waals surface area (Å²) in [6.07, 6.45) is 1.20. The molecular weight excluding hydrogens is 288 g/mol. The molecule has 0 aliphatic carbocycles. The standard InChI is InChI=1S/C11H17BrN2O3/c1-8(5-7-15)14-11(16)13-6-4-9-2-3-10(12)17-9/h2-3,8,15H,4-7H2,1H3,(H2,13,14,16)/t8-/m1/s1. The number of furan rings is 1. The Hall–Kier alpha value is -1.01. The second kappa shape index (κ2) is 7.34. The molecule has 0 aliphatic heterocycles. The molecule has 3 N–H and O–H groups in total. The Bertz CT molecular complexity index is 354. The van der Waals surface area contributed by atoms with Crippen LogP contribution in [-0.2, 0) is 6.42 Å². The first-order chi connectivity index (χ1) is 8.11. The third-order valence-electron chi connectivity index (χ3n) is 2.23. The number of rotatable bonds is 6. The zero-order valence-corrected chi connectivity index (χ0v) is 11.3. The molecule has 6 heteroatoms. The Morgan fingerprint density at radius 2 is 2.35 bits per heavy atom. The smallest absolute Gasteiger partial charge is 0.315 e. The monoisotopic (exact) mass is 304 g/mol. The molecule has 0 unspecified atom stereocenters. The summed E-state index contributed by atoms with van der Waals surface area (Å²) in [6, 6.07) is 3.42. The summed E-state index contributed by atoms with van der Waals surface area (Å²) < 4.78 is 5.99. The molecule has 0 saturated heterocycles. The first-order valence-corrected chi connectivity index (χ1v) is 6.30. The molecule has 0 aromatic carbocycles. The first kappa shape index (κ1) is 14.1. The van der Waals surface area contributed by atoms with E-state index < -0.39 is 0 Å². The zero-order valence-electron chi connectivity index (χ0n) is 9.70. The number of halogens is 1. The lowest BCUT2D eigenvalue weighted by molar-refractivity contribution is 0.231. The Labute approximate surface area is 109 Å². The van der Waals surface area contributed by atoms with Crippen molar-refractivity contribution >= 4 is 22.0 Å². The van der Waals surface area contributed by atoms with Crippen molar-refractivity contribution in [1.82, 2.24) is 10.6 Å². The fraction of sp³-hybridized carbons (Fsp3) is 0.545. The summed E-state index contributed by atoms with van der Waals surface area (Å²) in [5, 5.41) is 14.1. The van der Waals surface area contributed by atoms with Crippen LogP contribution < -0.4 is 10.6 Å². The minimum Gasteiger partial charge on any atom is -0.454 e. The van der Waals surface area contributed by atoms with Gasteiger partial charge in [0.05, 0.1) is 0 Å². The molecule has 1 aromatic heterocycles. The highest BCUT2D eigenvalue weighted by molar-refractivity contribution is 9.10. The number of hydrogen-bond acceptors (Lipinski definition) is 3. The van der Waals surface area contributed by atoms with Crippen LogP contribution in [0.4, 0.5) is 4.79 Å². The molecule has 0 spiro atoms. The lowest BCUT2D eigenvalue weighted by atomic mass is 10.2. The number of hydrogen-bond donors (Lipinski definition) is 3. The molecule has 0 radical (unpaired) electrons. The summed E-state index contributed by atoms with van der Waals surface area (Å²) in [5.74, 6) is 0.820. The molecule has 0 saturated carbocycles. The summed E-state index contributed by atoms with van der Waals surface area (Å²) >= 11 is 3.21. The van der Waals surface area contributed by atoms with E-state index in [4.69, 9.17) is 9.52 Å². The molecule has 0 aliphatic rings. The Morgan fingerprint density at radius 1 is 1.59 bits per heavy atom. The average molecular weight is 305 g/mol. The molecule has 0 bridgehead atoms. The number of amides is 2. The van der Waals surface area contributed by atoms with Gasteiger partial charge in [-0.05, 0) is 41.4 Å². The van der Waals surface area contributed by atoms with Gasteiger partial charge in [-0.1, -0.05) is 0 Å². The second-order valence-electron chi connectivity index (χ2n) is 3.77. The van der Waals surface area contributed by atoms with E-state index in [1.54, 1.807) is 0 Å². The van der Waals surface area contributed by atoms with E-state index in [9.17, 15) is 4.79 Å². The lowest BCUT2D eigenvalue weighted by Crippen LogP contribution is -2.41. The fourth-order valence-electron chi connectivity index (χ4n) is 1.33. The van der Waals surface area contributed by atoms with Crippen LogP contribution in [-0.4, -0.2) is 30.3 Å². The maximum atomic E-state index is 11.4. The van der Waals surface area contributed by atoms with Gasteiger partial charge in [0.2, 0.25) is 0 Å². The van der Waals surface area contributed by atoms with Crippen molar-refractivity contribution in [3.8, 4) is 0 Å². The molecule has 1 aromatic rings. The van der Waals surface area contributed by atoms with E-state index in [1.165, 1.54) is 0 Å². The van der Waals surface area contributed by atoms with Gasteiger partial charge in [0.1, 0.15) is 5.76 Å². The van der Waals surface area contributed by atoms with E-state index >= 15 is 0 Å². The Balaban J connectivity index is 2.16. The molecule has 5 nitrogen and oxygen atoms in total. The zero-order chi connectivity index (χ0) is 12.7. The maximum Gasteiger partial charge on any atom is 0.315 e. The summed E-state index contributed by atoms with van der Waals surface area (Å²) in [4.78, 5) is 11.4. The summed E-state index contributed by atoms with van der Waals surface area (Å²) in [6.45, 7) is 2.43. The molecule has 17 heavy (non-hydrogen) atoms. The number of urea groups is 1. The van der Waals surface area contributed by atoms with Gasteiger partial charge in [0.15, 0.2) is 4.67 Å². The Morgan fingerprint density at radius 3 is 2.94 bits per heavy atom. The van der Waals surface area contributed by atoms with Gasteiger partial charge in [-0.3, -0.25) is 0 Å². The lowest BCUT2D eigenvalue weighted by Gasteiger charge is -2.12. The van der Waals surface area contributed by atoms with Crippen LogP contribution in [0.1, 0.15) is 19.1 Å². The minimum absolute atomic E-state index is 0.0299. The normalized spacial score (nSPS) is 12.2. The number of carbonyl (C=O) groups is 1. The van der Waals surface area contributed by atoms with Crippen LogP contribution in [0.15, 0.2) is 21.2 Å². The van der Waals surface area contributed by atoms with Crippen molar-refractivity contribution in [3.05, 3.63) is 22.6 Å². The Kier molecular flexibility index (Phi) is 6.07. The van der Waals surface area contributed by atoms with Crippen molar-refractivity contribution < 1.29 is 14.3 Å². The molecule has 1 heterocycles. The van der Waals surface area contributed by atoms with Crippen molar-refractivity contribution in [1.29, 1.82) is 0 Å². The average Bonchev–Trinajstić information content (AvgIpc) is 2.64. The summed E-state index contributed by atoms with van der Waals surface area (Å²) in [7, 11) is 0. The molecule has 1 rings (SSSR count). The van der Waals surface area contributed by atoms with Gasteiger partial charge in [-0.2, -0.15) is 0 Å². The van der Waals surface area contributed by atoms with Crippen LogP contribution in [0.3, 0.4) is 0 Å². The van der Waals surface area contributed by atoms with E-state index in [2.05, 4.69) is 26.6 Å². The third-order valence-corrected chi connectivity index (χ3v) is 2.65. The fourth-order valence-corrected chi connectivity index (χ4v) is 1.67. The van der Waals surface area contributed by atoms with Crippen LogP contribution in [0.2, 0.25) is 0 Å². The predicted octanol–water partition coefficient (Wildman–Crippen LogP) is 1.65. The van der Waals surface area contributed by atoms with Crippen molar-refractivity contribution in [2.24, 2.45) is 0 Å². The van der Waals surface area contributed by atoms with Crippen LogP contribution in [0.5, 0.6) is 0 Å². The van der Waals surface area contributed by atoms with E-state index in [-0.39, 0.29) is 18.7 Å². The van der Waals surface area contributed by atoms with Crippen molar-refractivity contribution in [2.45, 2.75) is 25.8 Å². The second-order valence-corrected chi connectivity index (χ2v) is 4.55. The highest BCUT2D eigenvalue weighted by atomic mass is 79.9. The highest BCUT2D eigenvalue weighted by Gasteiger charge is 2.06. The first-order valence-electron chi connectivity index (χ1n) is 5.51. The van der Waals surface area contributed by atoms with Crippen molar-refractivity contribution in [2.75, 3.05) is 13.2 Å². The van der Waals surface area contributed by atoms with Crippen LogP contribution in [0.25, 0.3) is 0 Å². The topological polar surface area (TPSA) is 74.5 Å². The molecule has 96 valence electrons. The summed E-state index contributed by atoms with van der Waals surface area (Å²) in [5.41, 5.74) is 0. The third kappa shape index (κ3) is 5.74. The highest BCUT2D eigenvalue weighted by Crippen LogP contribution is 2.13. The predicted molar refractivity (Wildman–Crippen MR) is 67.8 cm³/mol. The van der Waals surface area contributed by atoms with Gasteiger partial charge >= 0.3 is 6.03 Å². The van der Waals surface area contributed by atoms with Gasteiger partial charge in [-0.15, -0.1) is 0 Å². The van der Waals surface area contributed by atoms with Gasteiger partial charge in [0, 0.05) is 25.6 Å². The molecule has 0 fully saturated rings. The largest absolute Gasteiger partial charge is 0.454 e.